The Morgan fingerprint density at radius 1 is 0.327 bits per heavy atom. The van der Waals surface area contributed by atoms with Crippen molar-refractivity contribution < 1.29 is 4.42 Å². The third-order valence-corrected chi connectivity index (χ3v) is 10.9. The lowest BCUT2D eigenvalue weighted by atomic mass is 9.92. The van der Waals surface area contributed by atoms with Gasteiger partial charge in [-0.25, -0.2) is 9.97 Å². The molecule has 0 radical (unpaired) electrons. The van der Waals surface area contributed by atoms with Crippen LogP contribution in [0, 0.1) is 0 Å². The largest absolute Gasteiger partial charge is 0.455 e. The summed E-state index contributed by atoms with van der Waals surface area (Å²) in [5.41, 5.74) is 11.0. The first kappa shape index (κ1) is 31.2. The molecule has 0 bridgehead atoms. The number of para-hydroxylation sites is 2. The van der Waals surface area contributed by atoms with Gasteiger partial charge in [-0.2, -0.15) is 0 Å². The molecule has 55 heavy (non-hydrogen) atoms. The Balaban J connectivity index is 1.19. The molecule has 3 nitrogen and oxygen atoms in total. The number of furan rings is 1. The molecule has 11 aromatic rings. The minimum Gasteiger partial charge on any atom is -0.455 e. The summed E-state index contributed by atoms with van der Waals surface area (Å²) >= 11 is 0. The molecule has 256 valence electrons. The molecule has 0 saturated carbocycles. The zero-order valence-corrected chi connectivity index (χ0v) is 29.8. The summed E-state index contributed by atoms with van der Waals surface area (Å²) in [6.45, 7) is 0. The van der Waals surface area contributed by atoms with Gasteiger partial charge in [-0.05, 0) is 73.3 Å². The molecule has 0 unspecified atom stereocenters. The molecule has 0 aliphatic carbocycles. The van der Waals surface area contributed by atoms with E-state index >= 15 is 0 Å². The van der Waals surface area contributed by atoms with E-state index < -0.39 is 0 Å². The summed E-state index contributed by atoms with van der Waals surface area (Å²) in [4.78, 5) is 11.0. The van der Waals surface area contributed by atoms with Crippen LogP contribution in [-0.2, 0) is 0 Å². The SMILES string of the molecule is c1ccc(-c2ccccc2-c2cc(-c3cccc(-c4cccc5c4oc4ccccc45)c3)nc(-c3c4ccccc4cc4c3ccc3ccccc34)n2)cc1. The number of nitrogens with zero attached hydrogens (tertiary/aromatic N) is 2. The van der Waals surface area contributed by atoms with Gasteiger partial charge in [-0.1, -0.05) is 170 Å². The van der Waals surface area contributed by atoms with Crippen molar-refractivity contribution in [1.82, 2.24) is 9.97 Å². The van der Waals surface area contributed by atoms with E-state index in [9.17, 15) is 0 Å². The predicted octanol–water partition coefficient (Wildman–Crippen LogP) is 14.2. The second-order valence-electron chi connectivity index (χ2n) is 14.1. The highest BCUT2D eigenvalue weighted by molar-refractivity contribution is 6.19. The summed E-state index contributed by atoms with van der Waals surface area (Å²) < 4.78 is 6.48. The lowest BCUT2D eigenvalue weighted by molar-refractivity contribution is 0.670. The van der Waals surface area contributed by atoms with Gasteiger partial charge in [-0.15, -0.1) is 0 Å². The molecule has 0 atom stereocenters. The maximum absolute atomic E-state index is 6.48. The molecule has 11 rings (SSSR count). The van der Waals surface area contributed by atoms with Gasteiger partial charge in [0.25, 0.3) is 0 Å². The highest BCUT2D eigenvalue weighted by Gasteiger charge is 2.19. The van der Waals surface area contributed by atoms with Crippen molar-refractivity contribution in [3.63, 3.8) is 0 Å². The van der Waals surface area contributed by atoms with Gasteiger partial charge >= 0.3 is 0 Å². The van der Waals surface area contributed by atoms with Gasteiger partial charge in [-0.3, -0.25) is 0 Å². The van der Waals surface area contributed by atoms with Crippen LogP contribution in [0.25, 0.3) is 110 Å². The lowest BCUT2D eigenvalue weighted by Gasteiger charge is -2.16. The first-order chi connectivity index (χ1) is 27.3. The molecule has 0 aliphatic rings. The van der Waals surface area contributed by atoms with Gasteiger partial charge in [0, 0.05) is 33.0 Å². The standard InChI is InChI=1S/C52H32N2O/c1-2-14-33(15-3-1)38-20-8-9-23-42(38)48-32-47(37-19-12-18-35(30-37)41-25-13-26-45-43-24-10-11-27-49(43)55-51(41)45)53-52(54-48)50-40-22-7-5-17-36(40)31-46-39-21-6-4-16-34(39)28-29-44(46)50/h1-32H. The summed E-state index contributed by atoms with van der Waals surface area (Å²) in [6, 6.07) is 68.5. The van der Waals surface area contributed by atoms with Gasteiger partial charge in [0.05, 0.1) is 11.4 Å². The summed E-state index contributed by atoms with van der Waals surface area (Å²) in [7, 11) is 0. The fraction of sp³-hybridized carbons (Fsp3) is 0. The van der Waals surface area contributed by atoms with Crippen LogP contribution in [0.1, 0.15) is 0 Å². The Morgan fingerprint density at radius 3 is 1.85 bits per heavy atom. The second kappa shape index (κ2) is 12.6. The smallest absolute Gasteiger partial charge is 0.161 e. The number of hydrogen-bond donors (Lipinski definition) is 0. The van der Waals surface area contributed by atoms with Crippen LogP contribution in [0.4, 0.5) is 0 Å². The molecule has 0 fully saturated rings. The van der Waals surface area contributed by atoms with Crippen LogP contribution in [0.2, 0.25) is 0 Å². The average molecular weight is 701 g/mol. The highest BCUT2D eigenvalue weighted by Crippen LogP contribution is 2.42. The number of aromatic nitrogens is 2. The Hall–Kier alpha value is -7.36. The van der Waals surface area contributed by atoms with Crippen molar-refractivity contribution in [3.8, 4) is 56.2 Å². The summed E-state index contributed by atoms with van der Waals surface area (Å²) in [6.07, 6.45) is 0. The van der Waals surface area contributed by atoms with Gasteiger partial charge in [0.2, 0.25) is 0 Å². The third-order valence-electron chi connectivity index (χ3n) is 10.9. The fourth-order valence-electron chi connectivity index (χ4n) is 8.30. The lowest BCUT2D eigenvalue weighted by Crippen LogP contribution is -1.99. The Bertz CT molecular complexity index is 3270. The fourth-order valence-corrected chi connectivity index (χ4v) is 8.30. The minimum absolute atomic E-state index is 0.692. The Kier molecular flexibility index (Phi) is 7.17. The van der Waals surface area contributed by atoms with Crippen molar-refractivity contribution >= 4 is 54.3 Å². The zero-order chi connectivity index (χ0) is 36.3. The van der Waals surface area contributed by atoms with E-state index in [4.69, 9.17) is 14.4 Å². The molecule has 0 N–H and O–H groups in total. The zero-order valence-electron chi connectivity index (χ0n) is 29.8. The van der Waals surface area contributed by atoms with Crippen molar-refractivity contribution in [2.75, 3.05) is 0 Å². The van der Waals surface area contributed by atoms with Crippen molar-refractivity contribution in [1.29, 1.82) is 0 Å². The number of rotatable bonds is 5. The minimum atomic E-state index is 0.692. The van der Waals surface area contributed by atoms with E-state index in [1.54, 1.807) is 0 Å². The van der Waals surface area contributed by atoms with E-state index in [1.807, 2.05) is 12.1 Å². The monoisotopic (exact) mass is 700 g/mol. The molecule has 0 spiro atoms. The quantitative estimate of drug-likeness (QED) is 0.133. The molecular formula is C52H32N2O. The van der Waals surface area contributed by atoms with Crippen LogP contribution in [0.5, 0.6) is 0 Å². The van der Waals surface area contributed by atoms with Crippen LogP contribution in [0.15, 0.2) is 199 Å². The van der Waals surface area contributed by atoms with Crippen LogP contribution in [-0.4, -0.2) is 9.97 Å². The second-order valence-corrected chi connectivity index (χ2v) is 14.1. The van der Waals surface area contributed by atoms with E-state index in [1.165, 1.54) is 16.2 Å². The summed E-state index contributed by atoms with van der Waals surface area (Å²) in [5.74, 6) is 0.692. The average Bonchev–Trinajstić information content (AvgIpc) is 3.65. The molecule has 0 aliphatic heterocycles. The van der Waals surface area contributed by atoms with Crippen LogP contribution < -0.4 is 0 Å². The molecule has 9 aromatic carbocycles. The van der Waals surface area contributed by atoms with Crippen molar-refractivity contribution in [2.24, 2.45) is 0 Å². The van der Waals surface area contributed by atoms with Gasteiger partial charge < -0.3 is 4.42 Å². The molecule has 0 saturated heterocycles. The molecule has 0 amide bonds. The normalized spacial score (nSPS) is 11.6. The van der Waals surface area contributed by atoms with Gasteiger partial charge in [0.1, 0.15) is 11.2 Å². The number of benzene rings is 9. The maximum Gasteiger partial charge on any atom is 0.161 e. The molecule has 3 heteroatoms. The van der Waals surface area contributed by atoms with Crippen molar-refractivity contribution in [3.05, 3.63) is 194 Å². The first-order valence-corrected chi connectivity index (χ1v) is 18.7. The van der Waals surface area contributed by atoms with E-state index in [0.29, 0.717) is 5.82 Å². The molecule has 2 heterocycles. The van der Waals surface area contributed by atoms with Crippen LogP contribution >= 0.6 is 0 Å². The predicted molar refractivity (Wildman–Crippen MR) is 229 cm³/mol. The molecular weight excluding hydrogens is 669 g/mol. The topological polar surface area (TPSA) is 38.9 Å². The van der Waals surface area contributed by atoms with Gasteiger partial charge in [0.15, 0.2) is 5.82 Å². The van der Waals surface area contributed by atoms with Crippen molar-refractivity contribution in [2.45, 2.75) is 0 Å². The summed E-state index contributed by atoms with van der Waals surface area (Å²) in [5, 5.41) is 9.24. The number of fused-ring (bicyclic) bond motifs is 7. The van der Waals surface area contributed by atoms with E-state index in [0.717, 1.165) is 88.4 Å². The Labute approximate surface area is 317 Å². The first-order valence-electron chi connectivity index (χ1n) is 18.7. The maximum atomic E-state index is 6.48. The van der Waals surface area contributed by atoms with E-state index in [2.05, 4.69) is 182 Å². The van der Waals surface area contributed by atoms with Crippen LogP contribution in [0.3, 0.4) is 0 Å². The highest BCUT2D eigenvalue weighted by atomic mass is 16.3. The number of hydrogen-bond acceptors (Lipinski definition) is 3. The molecule has 2 aromatic heterocycles. The Morgan fingerprint density at radius 2 is 0.964 bits per heavy atom. The third kappa shape index (κ3) is 5.20. The van der Waals surface area contributed by atoms with E-state index in [-0.39, 0.29) is 0 Å².